The molecule has 0 aliphatic carbocycles. The first kappa shape index (κ1) is 20.2. The van der Waals surface area contributed by atoms with E-state index in [1.807, 2.05) is 4.90 Å². The Labute approximate surface area is 171 Å². The van der Waals surface area contributed by atoms with Gasteiger partial charge in [-0.25, -0.2) is 13.2 Å². The SMILES string of the molecule is O=C(Nc1ccc(N2CCOCC2)c(F)c1)C1CC(=O)N(c2cc(F)cc(F)c2)C1. The van der Waals surface area contributed by atoms with Crippen LogP contribution in [0.1, 0.15) is 6.42 Å². The summed E-state index contributed by atoms with van der Waals surface area (Å²) >= 11 is 0. The van der Waals surface area contributed by atoms with Gasteiger partial charge in [0.05, 0.1) is 24.8 Å². The Kier molecular flexibility index (Phi) is 5.63. The van der Waals surface area contributed by atoms with Crippen LogP contribution in [0.2, 0.25) is 0 Å². The van der Waals surface area contributed by atoms with E-state index >= 15 is 0 Å². The second kappa shape index (κ2) is 8.35. The van der Waals surface area contributed by atoms with Crippen molar-refractivity contribution in [3.63, 3.8) is 0 Å². The van der Waals surface area contributed by atoms with Crippen LogP contribution in [0.5, 0.6) is 0 Å². The standard InChI is InChI=1S/C21H20F3N3O3/c22-14-8-15(23)10-17(9-14)27-12-13(7-20(27)28)21(29)25-16-1-2-19(18(24)11-16)26-3-5-30-6-4-26/h1-2,8-11,13H,3-7,12H2,(H,25,29). The molecular weight excluding hydrogens is 399 g/mol. The zero-order valence-electron chi connectivity index (χ0n) is 16.0. The number of carbonyl (C=O) groups excluding carboxylic acids is 2. The first-order valence-corrected chi connectivity index (χ1v) is 9.60. The molecule has 30 heavy (non-hydrogen) atoms. The average molecular weight is 419 g/mol. The molecule has 2 aromatic carbocycles. The molecule has 4 rings (SSSR count). The van der Waals surface area contributed by atoms with Crippen molar-refractivity contribution in [1.29, 1.82) is 0 Å². The molecule has 1 N–H and O–H groups in total. The summed E-state index contributed by atoms with van der Waals surface area (Å²) in [6, 6.07) is 7.23. The van der Waals surface area contributed by atoms with Crippen molar-refractivity contribution in [2.24, 2.45) is 5.92 Å². The Morgan fingerprint density at radius 2 is 1.73 bits per heavy atom. The molecule has 2 heterocycles. The summed E-state index contributed by atoms with van der Waals surface area (Å²) in [7, 11) is 0. The maximum atomic E-state index is 14.5. The van der Waals surface area contributed by atoms with E-state index < -0.39 is 35.2 Å². The summed E-state index contributed by atoms with van der Waals surface area (Å²) in [6.45, 7) is 2.22. The average Bonchev–Trinajstić information content (AvgIpc) is 3.10. The van der Waals surface area contributed by atoms with Crippen molar-refractivity contribution >= 4 is 28.9 Å². The van der Waals surface area contributed by atoms with E-state index in [-0.39, 0.29) is 24.3 Å². The van der Waals surface area contributed by atoms with Crippen molar-refractivity contribution < 1.29 is 27.5 Å². The van der Waals surface area contributed by atoms with Crippen LogP contribution in [0, 0.1) is 23.4 Å². The Morgan fingerprint density at radius 3 is 2.40 bits per heavy atom. The van der Waals surface area contributed by atoms with Crippen molar-refractivity contribution in [2.45, 2.75) is 6.42 Å². The maximum absolute atomic E-state index is 14.5. The smallest absolute Gasteiger partial charge is 0.229 e. The molecule has 0 spiro atoms. The van der Waals surface area contributed by atoms with E-state index in [4.69, 9.17) is 4.74 Å². The van der Waals surface area contributed by atoms with Crippen molar-refractivity contribution in [3.05, 3.63) is 53.8 Å². The Morgan fingerprint density at radius 1 is 1.03 bits per heavy atom. The number of hydrogen-bond acceptors (Lipinski definition) is 4. The molecule has 2 amide bonds. The first-order chi connectivity index (χ1) is 14.4. The number of ether oxygens (including phenoxy) is 1. The van der Waals surface area contributed by atoms with Gasteiger partial charge in [-0.2, -0.15) is 0 Å². The van der Waals surface area contributed by atoms with Gasteiger partial charge in [0.2, 0.25) is 11.8 Å². The zero-order valence-corrected chi connectivity index (χ0v) is 16.0. The molecular formula is C21H20F3N3O3. The number of anilines is 3. The zero-order chi connectivity index (χ0) is 21.3. The van der Waals surface area contributed by atoms with Gasteiger partial charge in [-0.3, -0.25) is 9.59 Å². The lowest BCUT2D eigenvalue weighted by Gasteiger charge is -2.29. The van der Waals surface area contributed by atoms with E-state index in [1.165, 1.54) is 11.0 Å². The summed E-state index contributed by atoms with van der Waals surface area (Å²) in [6.07, 6.45) is -0.0989. The normalized spacial score (nSPS) is 19.3. The van der Waals surface area contributed by atoms with Crippen LogP contribution >= 0.6 is 0 Å². The third-order valence-electron chi connectivity index (χ3n) is 5.22. The second-order valence-corrected chi connectivity index (χ2v) is 7.29. The molecule has 0 bridgehead atoms. The highest BCUT2D eigenvalue weighted by Gasteiger charge is 2.35. The fraction of sp³-hybridized carbons (Fsp3) is 0.333. The number of nitrogens with one attached hydrogen (secondary N) is 1. The van der Waals surface area contributed by atoms with Gasteiger partial charge in [-0.05, 0) is 30.3 Å². The van der Waals surface area contributed by atoms with E-state index in [0.717, 1.165) is 12.1 Å². The van der Waals surface area contributed by atoms with Crippen LogP contribution in [0.4, 0.5) is 30.2 Å². The first-order valence-electron chi connectivity index (χ1n) is 9.60. The lowest BCUT2D eigenvalue weighted by Crippen LogP contribution is -2.36. The van der Waals surface area contributed by atoms with Gasteiger partial charge in [0.15, 0.2) is 0 Å². The number of hydrogen-bond donors (Lipinski definition) is 1. The lowest BCUT2D eigenvalue weighted by atomic mass is 10.1. The van der Waals surface area contributed by atoms with E-state index in [0.29, 0.717) is 38.1 Å². The molecule has 0 aromatic heterocycles. The molecule has 0 saturated carbocycles. The Hall–Kier alpha value is -3.07. The highest BCUT2D eigenvalue weighted by atomic mass is 19.1. The number of nitrogens with zero attached hydrogens (tertiary/aromatic N) is 2. The molecule has 158 valence electrons. The monoisotopic (exact) mass is 419 g/mol. The van der Waals surface area contributed by atoms with Crippen molar-refractivity contribution in [1.82, 2.24) is 0 Å². The third-order valence-corrected chi connectivity index (χ3v) is 5.22. The van der Waals surface area contributed by atoms with Gasteiger partial charge in [-0.15, -0.1) is 0 Å². The van der Waals surface area contributed by atoms with Gasteiger partial charge in [0.1, 0.15) is 17.5 Å². The number of morpholine rings is 1. The van der Waals surface area contributed by atoms with Gasteiger partial charge in [0, 0.05) is 43.5 Å². The van der Waals surface area contributed by atoms with Crippen LogP contribution in [0.3, 0.4) is 0 Å². The largest absolute Gasteiger partial charge is 0.378 e. The quantitative estimate of drug-likeness (QED) is 0.828. The second-order valence-electron chi connectivity index (χ2n) is 7.29. The number of halogens is 3. The highest BCUT2D eigenvalue weighted by Crippen LogP contribution is 2.28. The van der Waals surface area contributed by atoms with Gasteiger partial charge < -0.3 is 19.9 Å². The van der Waals surface area contributed by atoms with E-state index in [9.17, 15) is 22.8 Å². The van der Waals surface area contributed by atoms with Crippen LogP contribution < -0.4 is 15.1 Å². The third kappa shape index (κ3) is 4.25. The van der Waals surface area contributed by atoms with Crippen molar-refractivity contribution in [3.8, 4) is 0 Å². The summed E-state index contributed by atoms with van der Waals surface area (Å²) in [4.78, 5) is 27.9. The summed E-state index contributed by atoms with van der Waals surface area (Å²) in [5.74, 6) is -3.65. The van der Waals surface area contributed by atoms with Gasteiger partial charge in [-0.1, -0.05) is 0 Å². The summed E-state index contributed by atoms with van der Waals surface area (Å²) < 4.78 is 46.7. The molecule has 1 unspecified atom stereocenters. The lowest BCUT2D eigenvalue weighted by molar-refractivity contribution is -0.122. The molecule has 6 nitrogen and oxygen atoms in total. The Bertz CT molecular complexity index is 959. The van der Waals surface area contributed by atoms with Crippen LogP contribution in [0.25, 0.3) is 0 Å². The highest BCUT2D eigenvalue weighted by molar-refractivity contribution is 6.03. The van der Waals surface area contributed by atoms with Crippen LogP contribution in [-0.4, -0.2) is 44.7 Å². The summed E-state index contributed by atoms with van der Waals surface area (Å²) in [5.41, 5.74) is 0.776. The number of benzene rings is 2. The molecule has 1 atom stereocenters. The van der Waals surface area contributed by atoms with Crippen LogP contribution in [0.15, 0.2) is 36.4 Å². The van der Waals surface area contributed by atoms with Gasteiger partial charge >= 0.3 is 0 Å². The molecule has 2 aliphatic rings. The van der Waals surface area contributed by atoms with Crippen molar-refractivity contribution in [2.75, 3.05) is 48.0 Å². The van der Waals surface area contributed by atoms with E-state index in [1.54, 1.807) is 12.1 Å². The minimum absolute atomic E-state index is 0.0120. The fourth-order valence-electron chi connectivity index (χ4n) is 3.72. The Balaban J connectivity index is 1.43. The van der Waals surface area contributed by atoms with Gasteiger partial charge in [0.25, 0.3) is 0 Å². The predicted molar refractivity (Wildman–Crippen MR) is 105 cm³/mol. The molecule has 0 radical (unpaired) electrons. The predicted octanol–water partition coefficient (Wildman–Crippen LogP) is 2.93. The molecule has 2 aromatic rings. The fourth-order valence-corrected chi connectivity index (χ4v) is 3.72. The number of carbonyl (C=O) groups is 2. The number of rotatable bonds is 4. The van der Waals surface area contributed by atoms with E-state index in [2.05, 4.69) is 5.32 Å². The minimum Gasteiger partial charge on any atom is -0.378 e. The number of amides is 2. The molecule has 9 heteroatoms. The maximum Gasteiger partial charge on any atom is 0.229 e. The topological polar surface area (TPSA) is 61.9 Å². The summed E-state index contributed by atoms with van der Waals surface area (Å²) in [5, 5.41) is 2.62. The molecule has 2 saturated heterocycles. The molecule has 2 aliphatic heterocycles. The molecule has 2 fully saturated rings. The minimum atomic E-state index is -0.804. The van der Waals surface area contributed by atoms with Crippen LogP contribution in [-0.2, 0) is 14.3 Å².